The first kappa shape index (κ1) is 14.1. The van der Waals surface area contributed by atoms with Crippen LogP contribution in [-0.2, 0) is 4.79 Å². The number of anilines is 2. The maximum absolute atomic E-state index is 11.9. The van der Waals surface area contributed by atoms with E-state index in [-0.39, 0.29) is 5.91 Å². The minimum absolute atomic E-state index is 0.0386. The second-order valence-electron chi connectivity index (χ2n) is 4.92. The molecule has 2 aromatic rings. The van der Waals surface area contributed by atoms with Crippen LogP contribution < -0.4 is 10.2 Å². The highest BCUT2D eigenvalue weighted by atomic mass is 16.1. The maximum atomic E-state index is 11.9. The molecule has 1 N–H and O–H groups in total. The lowest BCUT2D eigenvalue weighted by molar-refractivity contribution is -0.116. The molecular weight excluding hydrogens is 248 g/mol. The van der Waals surface area contributed by atoms with E-state index in [0.717, 1.165) is 11.4 Å². The molecule has 0 spiro atoms. The number of nitrogens with one attached hydrogen (secondary N) is 1. The first-order chi connectivity index (χ1) is 9.65. The van der Waals surface area contributed by atoms with Crippen LogP contribution in [0.2, 0.25) is 0 Å². The number of carbonyl (C=O) groups excluding carboxylic acids is 1. The van der Waals surface area contributed by atoms with E-state index in [1.165, 1.54) is 5.56 Å². The first-order valence-electron chi connectivity index (χ1n) is 6.78. The normalized spacial score (nSPS) is 10.1. The minimum Gasteiger partial charge on any atom is -0.374 e. The Morgan fingerprint density at radius 1 is 1.05 bits per heavy atom. The predicted octanol–water partition coefficient (Wildman–Crippen LogP) is 3.46. The smallest absolute Gasteiger partial charge is 0.226 e. The maximum Gasteiger partial charge on any atom is 0.226 e. The third-order valence-electron chi connectivity index (χ3n) is 3.21. The number of amides is 1. The Hall–Kier alpha value is -2.29. The number of benzene rings is 2. The zero-order valence-electron chi connectivity index (χ0n) is 12.0. The van der Waals surface area contributed by atoms with Crippen molar-refractivity contribution in [3.63, 3.8) is 0 Å². The average molecular weight is 268 g/mol. The van der Waals surface area contributed by atoms with Gasteiger partial charge in [-0.05, 0) is 31.2 Å². The van der Waals surface area contributed by atoms with Gasteiger partial charge >= 0.3 is 0 Å². The summed E-state index contributed by atoms with van der Waals surface area (Å²) in [7, 11) is 1.99. The van der Waals surface area contributed by atoms with Crippen molar-refractivity contribution in [1.29, 1.82) is 0 Å². The van der Waals surface area contributed by atoms with Gasteiger partial charge in [-0.25, -0.2) is 0 Å². The second-order valence-corrected chi connectivity index (χ2v) is 4.92. The van der Waals surface area contributed by atoms with Crippen LogP contribution in [0.3, 0.4) is 0 Å². The van der Waals surface area contributed by atoms with Crippen molar-refractivity contribution in [2.24, 2.45) is 0 Å². The summed E-state index contributed by atoms with van der Waals surface area (Å²) < 4.78 is 0. The van der Waals surface area contributed by atoms with Crippen LogP contribution in [0.4, 0.5) is 11.4 Å². The van der Waals surface area contributed by atoms with Crippen LogP contribution in [0.15, 0.2) is 54.6 Å². The van der Waals surface area contributed by atoms with Crippen molar-refractivity contribution >= 4 is 17.3 Å². The van der Waals surface area contributed by atoms with Gasteiger partial charge in [0, 0.05) is 31.4 Å². The lowest BCUT2D eigenvalue weighted by Gasteiger charge is -2.18. The predicted molar refractivity (Wildman–Crippen MR) is 84.1 cm³/mol. The lowest BCUT2D eigenvalue weighted by atomic mass is 10.2. The first-order valence-corrected chi connectivity index (χ1v) is 6.78. The van der Waals surface area contributed by atoms with E-state index in [0.29, 0.717) is 13.0 Å². The molecular formula is C17H20N2O. The molecule has 2 aromatic carbocycles. The summed E-state index contributed by atoms with van der Waals surface area (Å²) in [5.41, 5.74) is 3.16. The SMILES string of the molecule is Cc1ccc(NC(=O)CCN(C)c2ccccc2)cc1. The molecule has 2 rings (SSSR count). The molecule has 0 saturated heterocycles. The molecule has 104 valence electrons. The van der Waals surface area contributed by atoms with Crippen LogP contribution in [-0.4, -0.2) is 19.5 Å². The molecule has 0 saturated carbocycles. The number of aryl methyl sites for hydroxylation is 1. The van der Waals surface area contributed by atoms with Gasteiger partial charge < -0.3 is 10.2 Å². The van der Waals surface area contributed by atoms with Gasteiger partial charge in [0.25, 0.3) is 0 Å². The van der Waals surface area contributed by atoms with Crippen LogP contribution in [0, 0.1) is 6.92 Å². The van der Waals surface area contributed by atoms with E-state index in [2.05, 4.69) is 10.2 Å². The summed E-state index contributed by atoms with van der Waals surface area (Å²) >= 11 is 0. The number of rotatable bonds is 5. The van der Waals surface area contributed by atoms with Crippen molar-refractivity contribution in [2.75, 3.05) is 23.8 Å². The Balaban J connectivity index is 1.82. The molecule has 0 atom stereocenters. The van der Waals surface area contributed by atoms with E-state index in [1.54, 1.807) is 0 Å². The second kappa shape index (κ2) is 6.75. The van der Waals surface area contributed by atoms with Crippen molar-refractivity contribution in [2.45, 2.75) is 13.3 Å². The number of carbonyl (C=O) groups is 1. The van der Waals surface area contributed by atoms with Crippen molar-refractivity contribution in [3.05, 3.63) is 60.2 Å². The Morgan fingerprint density at radius 3 is 2.35 bits per heavy atom. The van der Waals surface area contributed by atoms with Crippen LogP contribution in [0.5, 0.6) is 0 Å². The Labute approximate surface area is 120 Å². The highest BCUT2D eigenvalue weighted by Crippen LogP contribution is 2.12. The molecule has 0 fully saturated rings. The third kappa shape index (κ3) is 4.12. The molecule has 1 amide bonds. The van der Waals surface area contributed by atoms with Crippen LogP contribution in [0.25, 0.3) is 0 Å². The zero-order valence-corrected chi connectivity index (χ0v) is 12.0. The summed E-state index contributed by atoms with van der Waals surface area (Å²) in [6.45, 7) is 2.72. The molecule has 3 heteroatoms. The fraction of sp³-hybridized carbons (Fsp3) is 0.235. The van der Waals surface area contributed by atoms with Crippen molar-refractivity contribution < 1.29 is 4.79 Å². The Kier molecular flexibility index (Phi) is 4.77. The molecule has 0 radical (unpaired) electrons. The third-order valence-corrected chi connectivity index (χ3v) is 3.21. The van der Waals surface area contributed by atoms with Crippen LogP contribution in [0.1, 0.15) is 12.0 Å². The monoisotopic (exact) mass is 268 g/mol. The summed E-state index contributed by atoms with van der Waals surface area (Å²) in [6, 6.07) is 17.9. The fourth-order valence-corrected chi connectivity index (χ4v) is 1.94. The van der Waals surface area contributed by atoms with Gasteiger partial charge in [0.15, 0.2) is 0 Å². The van der Waals surface area contributed by atoms with Gasteiger partial charge in [-0.3, -0.25) is 4.79 Å². The van der Waals surface area contributed by atoms with Gasteiger partial charge in [-0.15, -0.1) is 0 Å². The molecule has 0 aromatic heterocycles. The van der Waals surface area contributed by atoms with Gasteiger partial charge in [-0.2, -0.15) is 0 Å². The molecule has 0 aliphatic heterocycles. The number of para-hydroxylation sites is 1. The van der Waals surface area contributed by atoms with Gasteiger partial charge in [0.2, 0.25) is 5.91 Å². The summed E-state index contributed by atoms with van der Waals surface area (Å²) in [6.07, 6.45) is 0.471. The van der Waals surface area contributed by atoms with Crippen molar-refractivity contribution in [3.8, 4) is 0 Å². The highest BCUT2D eigenvalue weighted by Gasteiger charge is 2.05. The quantitative estimate of drug-likeness (QED) is 0.900. The number of nitrogens with zero attached hydrogens (tertiary/aromatic N) is 1. The standard InChI is InChI=1S/C17H20N2O/c1-14-8-10-15(11-9-14)18-17(20)12-13-19(2)16-6-4-3-5-7-16/h3-11H,12-13H2,1-2H3,(H,18,20). The fourth-order valence-electron chi connectivity index (χ4n) is 1.94. The Morgan fingerprint density at radius 2 is 1.70 bits per heavy atom. The van der Waals surface area contributed by atoms with Gasteiger partial charge in [0.05, 0.1) is 0 Å². The van der Waals surface area contributed by atoms with Crippen LogP contribution >= 0.6 is 0 Å². The lowest BCUT2D eigenvalue weighted by Crippen LogP contribution is -2.23. The van der Waals surface area contributed by atoms with E-state index in [9.17, 15) is 4.79 Å². The summed E-state index contributed by atoms with van der Waals surface area (Å²) in [5.74, 6) is 0.0386. The zero-order chi connectivity index (χ0) is 14.4. The summed E-state index contributed by atoms with van der Waals surface area (Å²) in [4.78, 5) is 14.0. The molecule has 0 aliphatic carbocycles. The molecule has 0 heterocycles. The molecule has 0 aliphatic rings. The van der Waals surface area contributed by atoms with E-state index in [1.807, 2.05) is 68.6 Å². The minimum atomic E-state index is 0.0386. The number of hydrogen-bond donors (Lipinski definition) is 1. The topological polar surface area (TPSA) is 32.3 Å². The van der Waals surface area contributed by atoms with Gasteiger partial charge in [0.1, 0.15) is 0 Å². The van der Waals surface area contributed by atoms with E-state index in [4.69, 9.17) is 0 Å². The molecule has 0 bridgehead atoms. The summed E-state index contributed by atoms with van der Waals surface area (Å²) in [5, 5.41) is 2.91. The molecule has 20 heavy (non-hydrogen) atoms. The Bertz CT molecular complexity index is 549. The highest BCUT2D eigenvalue weighted by molar-refractivity contribution is 5.91. The number of hydrogen-bond acceptors (Lipinski definition) is 2. The largest absolute Gasteiger partial charge is 0.374 e. The molecule has 0 unspecified atom stereocenters. The van der Waals surface area contributed by atoms with Gasteiger partial charge in [-0.1, -0.05) is 35.9 Å². The average Bonchev–Trinajstić information content (AvgIpc) is 2.48. The van der Waals surface area contributed by atoms with E-state index >= 15 is 0 Å². The van der Waals surface area contributed by atoms with E-state index < -0.39 is 0 Å². The molecule has 3 nitrogen and oxygen atoms in total. The van der Waals surface area contributed by atoms with Crippen molar-refractivity contribution in [1.82, 2.24) is 0 Å².